The van der Waals surface area contributed by atoms with Crippen LogP contribution in [0.5, 0.6) is 0 Å². The minimum Gasteiger partial charge on any atom is -0.466 e. The molecule has 0 bridgehead atoms. The zero-order valence-corrected chi connectivity index (χ0v) is 19.8. The van der Waals surface area contributed by atoms with Crippen LogP contribution >= 0.6 is 24.0 Å². The second kappa shape index (κ2) is 12.2. The van der Waals surface area contributed by atoms with Crippen LogP contribution in [-0.4, -0.2) is 69.9 Å². The van der Waals surface area contributed by atoms with E-state index < -0.39 is 0 Å². The molecule has 0 aliphatic carbocycles. The Morgan fingerprint density at radius 3 is 2.62 bits per heavy atom. The molecule has 1 unspecified atom stereocenters. The lowest BCUT2D eigenvalue weighted by Gasteiger charge is -2.34. The van der Waals surface area contributed by atoms with Crippen molar-refractivity contribution in [2.24, 2.45) is 10.9 Å². The standard InChI is InChI=1S/C21H32N4O3.HI/c1-3-28-20(26)18-5-4-10-25(16-18)21(22-2)23-15-17-6-8-19(9-7-17)24-11-13-27-14-12-24;/h6-9,18H,3-5,10-16H2,1-2H3,(H,22,23);1H. The van der Waals surface area contributed by atoms with Crippen LogP contribution in [0.4, 0.5) is 5.69 Å². The fourth-order valence-electron chi connectivity index (χ4n) is 3.78. The van der Waals surface area contributed by atoms with E-state index in [1.165, 1.54) is 11.3 Å². The molecule has 1 aromatic carbocycles. The highest BCUT2D eigenvalue weighted by atomic mass is 127. The summed E-state index contributed by atoms with van der Waals surface area (Å²) < 4.78 is 10.6. The fraction of sp³-hybridized carbons (Fsp3) is 0.619. The number of hydrogen-bond donors (Lipinski definition) is 1. The first-order valence-electron chi connectivity index (χ1n) is 10.2. The van der Waals surface area contributed by atoms with Crippen molar-refractivity contribution in [1.82, 2.24) is 10.2 Å². The molecule has 2 fully saturated rings. The molecular weight excluding hydrogens is 483 g/mol. The van der Waals surface area contributed by atoms with Crippen molar-refractivity contribution in [2.75, 3.05) is 57.9 Å². The van der Waals surface area contributed by atoms with Gasteiger partial charge in [0, 0.05) is 45.5 Å². The van der Waals surface area contributed by atoms with Gasteiger partial charge in [0.25, 0.3) is 0 Å². The second-order valence-corrected chi connectivity index (χ2v) is 7.20. The van der Waals surface area contributed by atoms with E-state index in [9.17, 15) is 4.79 Å². The van der Waals surface area contributed by atoms with Gasteiger partial charge in [-0.3, -0.25) is 9.79 Å². The Morgan fingerprint density at radius 1 is 1.24 bits per heavy atom. The number of piperidine rings is 1. The fourth-order valence-corrected chi connectivity index (χ4v) is 3.78. The average molecular weight is 516 g/mol. The molecule has 2 aliphatic rings. The molecule has 29 heavy (non-hydrogen) atoms. The Bertz CT molecular complexity index is 662. The third-order valence-corrected chi connectivity index (χ3v) is 5.32. The lowest BCUT2D eigenvalue weighted by Crippen LogP contribution is -2.48. The van der Waals surface area contributed by atoms with Gasteiger partial charge in [0.05, 0.1) is 25.7 Å². The Hall–Kier alpha value is -1.55. The SMILES string of the molecule is CCOC(=O)C1CCCN(C(=NC)NCc2ccc(N3CCOCC3)cc2)C1.I. The molecule has 7 nitrogen and oxygen atoms in total. The second-order valence-electron chi connectivity index (χ2n) is 7.20. The van der Waals surface area contributed by atoms with Gasteiger partial charge in [-0.2, -0.15) is 0 Å². The van der Waals surface area contributed by atoms with Crippen LogP contribution in [0.1, 0.15) is 25.3 Å². The maximum absolute atomic E-state index is 12.1. The summed E-state index contributed by atoms with van der Waals surface area (Å²) in [5.74, 6) is 0.674. The van der Waals surface area contributed by atoms with Crippen LogP contribution in [0.25, 0.3) is 0 Å². The number of likely N-dealkylation sites (tertiary alicyclic amines) is 1. The minimum atomic E-state index is -0.0960. The maximum atomic E-state index is 12.1. The van der Waals surface area contributed by atoms with E-state index in [4.69, 9.17) is 9.47 Å². The summed E-state index contributed by atoms with van der Waals surface area (Å²) in [4.78, 5) is 21.0. The van der Waals surface area contributed by atoms with Crippen molar-refractivity contribution in [3.63, 3.8) is 0 Å². The highest BCUT2D eigenvalue weighted by Gasteiger charge is 2.28. The Morgan fingerprint density at radius 2 is 1.97 bits per heavy atom. The third kappa shape index (κ3) is 6.74. The van der Waals surface area contributed by atoms with Crippen molar-refractivity contribution >= 4 is 41.6 Å². The molecular formula is C21H33IN4O3. The number of anilines is 1. The first-order chi connectivity index (χ1) is 13.7. The number of hydrogen-bond acceptors (Lipinski definition) is 5. The predicted molar refractivity (Wildman–Crippen MR) is 126 cm³/mol. The van der Waals surface area contributed by atoms with E-state index in [1.54, 1.807) is 7.05 Å². The van der Waals surface area contributed by atoms with E-state index in [1.807, 2.05) is 6.92 Å². The Kier molecular flexibility index (Phi) is 9.99. The van der Waals surface area contributed by atoms with Gasteiger partial charge in [-0.25, -0.2) is 0 Å². The number of carbonyl (C=O) groups excluding carboxylic acids is 1. The van der Waals surface area contributed by atoms with E-state index in [0.29, 0.717) is 19.7 Å². The monoisotopic (exact) mass is 516 g/mol. The van der Waals surface area contributed by atoms with Gasteiger partial charge in [-0.05, 0) is 37.5 Å². The molecule has 0 saturated carbocycles. The molecule has 0 amide bonds. The summed E-state index contributed by atoms with van der Waals surface area (Å²) in [7, 11) is 1.79. The lowest BCUT2D eigenvalue weighted by molar-refractivity contribution is -0.149. The van der Waals surface area contributed by atoms with Crippen LogP contribution < -0.4 is 10.2 Å². The van der Waals surface area contributed by atoms with Gasteiger partial charge in [-0.1, -0.05) is 12.1 Å². The molecule has 2 aliphatic heterocycles. The number of benzene rings is 1. The molecule has 0 spiro atoms. The lowest BCUT2D eigenvalue weighted by atomic mass is 9.98. The van der Waals surface area contributed by atoms with Gasteiger partial charge < -0.3 is 24.6 Å². The third-order valence-electron chi connectivity index (χ3n) is 5.32. The van der Waals surface area contributed by atoms with Crippen molar-refractivity contribution in [3.8, 4) is 0 Å². The number of morpholine rings is 1. The Labute approximate surface area is 190 Å². The molecule has 0 radical (unpaired) electrons. The summed E-state index contributed by atoms with van der Waals surface area (Å²) in [6, 6.07) is 8.65. The number of rotatable bonds is 5. The molecule has 2 heterocycles. The van der Waals surface area contributed by atoms with Crippen molar-refractivity contribution < 1.29 is 14.3 Å². The average Bonchev–Trinajstić information content (AvgIpc) is 2.76. The van der Waals surface area contributed by atoms with E-state index in [0.717, 1.165) is 51.6 Å². The molecule has 1 aromatic rings. The van der Waals surface area contributed by atoms with Crippen LogP contribution in [0.3, 0.4) is 0 Å². The maximum Gasteiger partial charge on any atom is 0.310 e. The molecule has 162 valence electrons. The minimum absolute atomic E-state index is 0. The number of aliphatic imine (C=N–C) groups is 1. The van der Waals surface area contributed by atoms with Gasteiger partial charge >= 0.3 is 5.97 Å². The highest BCUT2D eigenvalue weighted by molar-refractivity contribution is 14.0. The van der Waals surface area contributed by atoms with E-state index in [2.05, 4.69) is 44.4 Å². The molecule has 8 heteroatoms. The van der Waals surface area contributed by atoms with Crippen LogP contribution in [-0.2, 0) is 20.8 Å². The Balaban J connectivity index is 0.00000300. The van der Waals surface area contributed by atoms with Gasteiger partial charge in [0.2, 0.25) is 0 Å². The quantitative estimate of drug-likeness (QED) is 0.281. The van der Waals surface area contributed by atoms with Gasteiger partial charge in [-0.15, -0.1) is 24.0 Å². The molecule has 1 atom stereocenters. The summed E-state index contributed by atoms with van der Waals surface area (Å²) in [5.41, 5.74) is 2.45. The largest absolute Gasteiger partial charge is 0.466 e. The van der Waals surface area contributed by atoms with E-state index in [-0.39, 0.29) is 35.9 Å². The number of guanidine groups is 1. The molecule has 1 N–H and O–H groups in total. The predicted octanol–water partition coefficient (Wildman–Crippen LogP) is 2.49. The number of carbonyl (C=O) groups is 1. The normalized spacial score (nSPS) is 20.1. The number of nitrogens with zero attached hydrogens (tertiary/aromatic N) is 3. The van der Waals surface area contributed by atoms with E-state index >= 15 is 0 Å². The number of esters is 1. The van der Waals surface area contributed by atoms with Crippen molar-refractivity contribution in [2.45, 2.75) is 26.3 Å². The molecule has 0 aromatic heterocycles. The topological polar surface area (TPSA) is 66.4 Å². The first kappa shape index (κ1) is 23.7. The number of halogens is 1. The van der Waals surface area contributed by atoms with Crippen molar-refractivity contribution in [1.29, 1.82) is 0 Å². The van der Waals surface area contributed by atoms with Crippen LogP contribution in [0, 0.1) is 5.92 Å². The summed E-state index contributed by atoms with van der Waals surface area (Å²) >= 11 is 0. The molecule has 2 saturated heterocycles. The first-order valence-corrected chi connectivity index (χ1v) is 10.2. The van der Waals surface area contributed by atoms with Gasteiger partial charge in [0.15, 0.2) is 5.96 Å². The van der Waals surface area contributed by atoms with Crippen molar-refractivity contribution in [3.05, 3.63) is 29.8 Å². The summed E-state index contributed by atoms with van der Waals surface area (Å²) in [6.07, 6.45) is 1.85. The summed E-state index contributed by atoms with van der Waals surface area (Å²) in [6.45, 7) is 8.04. The van der Waals surface area contributed by atoms with Crippen LogP contribution in [0.2, 0.25) is 0 Å². The zero-order valence-electron chi connectivity index (χ0n) is 17.4. The number of nitrogens with one attached hydrogen (secondary N) is 1. The van der Waals surface area contributed by atoms with Gasteiger partial charge in [0.1, 0.15) is 0 Å². The smallest absolute Gasteiger partial charge is 0.310 e. The number of ether oxygens (including phenoxy) is 2. The summed E-state index contributed by atoms with van der Waals surface area (Å²) in [5, 5.41) is 3.44. The zero-order chi connectivity index (χ0) is 19.8. The molecule has 3 rings (SSSR count). The highest BCUT2D eigenvalue weighted by Crippen LogP contribution is 2.19. The van der Waals surface area contributed by atoms with Crippen LogP contribution in [0.15, 0.2) is 29.3 Å².